The Morgan fingerprint density at radius 1 is 1.36 bits per heavy atom. The van der Waals surface area contributed by atoms with E-state index in [0.29, 0.717) is 30.0 Å². The fourth-order valence-electron chi connectivity index (χ4n) is 2.83. The van der Waals surface area contributed by atoms with Crippen molar-refractivity contribution in [2.75, 3.05) is 13.1 Å². The molecule has 1 N–H and O–H groups in total. The number of Topliss-reactive ketones (excluding diaryl/α,β-unsaturated/α-hetero) is 1. The standard InChI is InChI=1S/C16H15NO5/c1-10(18)17-8-16(9-17)7-13(19)12-6-11(3-5-15(20)21)2-4-14(12)22-16/h2-6H,7-9H2,1H3,(H,20,21)/b5-3+. The van der Waals surface area contributed by atoms with Gasteiger partial charge in [-0.25, -0.2) is 4.79 Å². The van der Waals surface area contributed by atoms with Crippen LogP contribution < -0.4 is 4.74 Å². The van der Waals surface area contributed by atoms with Crippen molar-refractivity contribution in [2.45, 2.75) is 18.9 Å². The number of fused-ring (bicyclic) bond motifs is 1. The number of carbonyl (C=O) groups is 3. The second kappa shape index (κ2) is 4.98. The van der Waals surface area contributed by atoms with Crippen molar-refractivity contribution >= 4 is 23.7 Å². The van der Waals surface area contributed by atoms with Crippen molar-refractivity contribution in [1.29, 1.82) is 0 Å². The number of ether oxygens (including phenoxy) is 1. The molecule has 22 heavy (non-hydrogen) atoms. The molecule has 0 radical (unpaired) electrons. The first-order valence-electron chi connectivity index (χ1n) is 6.91. The number of ketones is 1. The Bertz CT molecular complexity index is 700. The largest absolute Gasteiger partial charge is 0.482 e. The van der Waals surface area contributed by atoms with Gasteiger partial charge in [-0.2, -0.15) is 0 Å². The van der Waals surface area contributed by atoms with Crippen LogP contribution in [-0.2, 0) is 9.59 Å². The predicted molar refractivity (Wildman–Crippen MR) is 77.7 cm³/mol. The summed E-state index contributed by atoms with van der Waals surface area (Å²) in [4.78, 5) is 35.8. The molecule has 0 saturated carbocycles. The number of benzene rings is 1. The molecule has 114 valence electrons. The number of aliphatic carboxylic acids is 1. The van der Waals surface area contributed by atoms with E-state index >= 15 is 0 Å². The highest BCUT2D eigenvalue weighted by Crippen LogP contribution is 2.39. The summed E-state index contributed by atoms with van der Waals surface area (Å²) in [6.45, 7) is 2.34. The van der Waals surface area contributed by atoms with Gasteiger partial charge in [0.1, 0.15) is 5.75 Å². The van der Waals surface area contributed by atoms with Crippen LogP contribution in [0.15, 0.2) is 24.3 Å². The first-order valence-corrected chi connectivity index (χ1v) is 6.91. The summed E-state index contributed by atoms with van der Waals surface area (Å²) in [5.74, 6) is -0.623. The van der Waals surface area contributed by atoms with E-state index in [0.717, 1.165) is 6.08 Å². The van der Waals surface area contributed by atoms with Gasteiger partial charge in [0.15, 0.2) is 11.4 Å². The molecular formula is C16H15NO5. The number of carboxylic acids is 1. The molecule has 1 saturated heterocycles. The molecule has 6 nitrogen and oxygen atoms in total. The predicted octanol–water partition coefficient (Wildman–Crippen LogP) is 1.35. The van der Waals surface area contributed by atoms with E-state index in [2.05, 4.69) is 0 Å². The lowest BCUT2D eigenvalue weighted by Gasteiger charge is -2.50. The van der Waals surface area contributed by atoms with Gasteiger partial charge >= 0.3 is 5.97 Å². The summed E-state index contributed by atoms with van der Waals surface area (Å²) in [6.07, 6.45) is 2.69. The van der Waals surface area contributed by atoms with Crippen LogP contribution in [0.3, 0.4) is 0 Å². The summed E-state index contributed by atoms with van der Waals surface area (Å²) >= 11 is 0. The van der Waals surface area contributed by atoms with Crippen molar-refractivity contribution < 1.29 is 24.2 Å². The topological polar surface area (TPSA) is 83.9 Å². The van der Waals surface area contributed by atoms with Crippen LogP contribution >= 0.6 is 0 Å². The van der Waals surface area contributed by atoms with Crippen LogP contribution in [0.1, 0.15) is 29.3 Å². The van der Waals surface area contributed by atoms with E-state index in [4.69, 9.17) is 9.84 Å². The lowest BCUT2D eigenvalue weighted by atomic mass is 9.83. The molecule has 6 heteroatoms. The minimum atomic E-state index is -1.04. The zero-order valence-corrected chi connectivity index (χ0v) is 12.0. The second-order valence-corrected chi connectivity index (χ2v) is 5.69. The van der Waals surface area contributed by atoms with E-state index in [9.17, 15) is 14.4 Å². The van der Waals surface area contributed by atoms with Crippen molar-refractivity contribution in [3.63, 3.8) is 0 Å². The third kappa shape index (κ3) is 2.47. The summed E-state index contributed by atoms with van der Waals surface area (Å²) in [5, 5.41) is 8.63. The van der Waals surface area contributed by atoms with E-state index in [-0.39, 0.29) is 18.1 Å². The normalized spacial score (nSPS) is 18.8. The Balaban J connectivity index is 1.82. The van der Waals surface area contributed by atoms with Crippen LogP contribution in [0.5, 0.6) is 5.75 Å². The molecule has 1 spiro atoms. The average Bonchev–Trinajstić information content (AvgIpc) is 2.42. The highest BCUT2D eigenvalue weighted by Gasteiger charge is 2.50. The monoisotopic (exact) mass is 301 g/mol. The first-order chi connectivity index (χ1) is 10.4. The third-order valence-electron chi connectivity index (χ3n) is 3.93. The van der Waals surface area contributed by atoms with Gasteiger partial charge in [0.05, 0.1) is 25.1 Å². The van der Waals surface area contributed by atoms with E-state index in [1.165, 1.54) is 13.0 Å². The number of nitrogens with zero attached hydrogens (tertiary/aromatic N) is 1. The Morgan fingerprint density at radius 3 is 2.73 bits per heavy atom. The summed E-state index contributed by atoms with van der Waals surface area (Å²) < 4.78 is 5.93. The number of rotatable bonds is 2. The van der Waals surface area contributed by atoms with Crippen LogP contribution in [0.25, 0.3) is 6.08 Å². The smallest absolute Gasteiger partial charge is 0.328 e. The lowest BCUT2D eigenvalue weighted by molar-refractivity contribution is -0.148. The molecule has 0 unspecified atom stereocenters. The SMILES string of the molecule is CC(=O)N1CC2(CC(=O)c3cc(/C=C/C(=O)O)ccc3O2)C1. The van der Waals surface area contributed by atoms with Crippen LogP contribution in [0.2, 0.25) is 0 Å². The third-order valence-corrected chi connectivity index (χ3v) is 3.93. The maximum Gasteiger partial charge on any atom is 0.328 e. The summed E-state index contributed by atoms with van der Waals surface area (Å²) in [7, 11) is 0. The highest BCUT2D eigenvalue weighted by molar-refractivity contribution is 6.01. The maximum absolute atomic E-state index is 12.3. The Hall–Kier alpha value is -2.63. The van der Waals surface area contributed by atoms with E-state index in [1.54, 1.807) is 23.1 Å². The van der Waals surface area contributed by atoms with Gasteiger partial charge in [-0.15, -0.1) is 0 Å². The Kier molecular flexibility index (Phi) is 3.24. The molecule has 0 aromatic heterocycles. The fourth-order valence-corrected chi connectivity index (χ4v) is 2.83. The molecule has 1 aromatic rings. The molecule has 3 rings (SSSR count). The molecule has 2 aliphatic heterocycles. The van der Waals surface area contributed by atoms with E-state index in [1.807, 2.05) is 0 Å². The molecule has 0 aliphatic carbocycles. The minimum Gasteiger partial charge on any atom is -0.482 e. The second-order valence-electron chi connectivity index (χ2n) is 5.69. The zero-order valence-electron chi connectivity index (χ0n) is 12.0. The molecule has 1 amide bonds. The molecule has 0 bridgehead atoms. The summed E-state index contributed by atoms with van der Waals surface area (Å²) in [6, 6.07) is 5.00. The minimum absolute atomic E-state index is 0.0263. The molecule has 1 fully saturated rings. The van der Waals surface area contributed by atoms with Crippen molar-refractivity contribution in [3.8, 4) is 5.75 Å². The molecule has 1 aromatic carbocycles. The Labute approximate surface area is 127 Å². The van der Waals surface area contributed by atoms with Crippen LogP contribution in [0, 0.1) is 0 Å². The van der Waals surface area contributed by atoms with E-state index < -0.39 is 11.6 Å². The molecule has 0 atom stereocenters. The van der Waals surface area contributed by atoms with Crippen LogP contribution in [0.4, 0.5) is 0 Å². The van der Waals surface area contributed by atoms with Gasteiger partial charge in [-0.3, -0.25) is 9.59 Å². The zero-order chi connectivity index (χ0) is 15.9. The molecule has 2 aliphatic rings. The number of hydrogen-bond acceptors (Lipinski definition) is 4. The quantitative estimate of drug-likeness (QED) is 0.834. The maximum atomic E-state index is 12.3. The van der Waals surface area contributed by atoms with Gasteiger partial charge in [-0.1, -0.05) is 6.07 Å². The van der Waals surface area contributed by atoms with Gasteiger partial charge in [0, 0.05) is 13.0 Å². The van der Waals surface area contributed by atoms with Gasteiger partial charge < -0.3 is 14.7 Å². The number of hydrogen-bond donors (Lipinski definition) is 1. The Morgan fingerprint density at radius 2 is 2.09 bits per heavy atom. The van der Waals surface area contributed by atoms with Crippen molar-refractivity contribution in [2.24, 2.45) is 0 Å². The average molecular weight is 301 g/mol. The summed E-state index contributed by atoms with van der Waals surface area (Å²) in [5.41, 5.74) is 0.487. The fraction of sp³-hybridized carbons (Fsp3) is 0.312. The van der Waals surface area contributed by atoms with Crippen molar-refractivity contribution in [3.05, 3.63) is 35.4 Å². The van der Waals surface area contributed by atoms with Gasteiger partial charge in [0.2, 0.25) is 5.91 Å². The van der Waals surface area contributed by atoms with Gasteiger partial charge in [0.25, 0.3) is 0 Å². The van der Waals surface area contributed by atoms with Crippen LogP contribution in [-0.4, -0.2) is 46.4 Å². The number of likely N-dealkylation sites (tertiary alicyclic amines) is 1. The van der Waals surface area contributed by atoms with Crippen molar-refractivity contribution in [1.82, 2.24) is 4.90 Å². The molecular weight excluding hydrogens is 286 g/mol. The lowest BCUT2D eigenvalue weighted by Crippen LogP contribution is -2.67. The molecule has 2 heterocycles. The number of carboxylic acid groups (broad SMARTS) is 1. The van der Waals surface area contributed by atoms with Gasteiger partial charge in [-0.05, 0) is 23.8 Å². The first kappa shape index (κ1) is 14.3. The number of carbonyl (C=O) groups excluding carboxylic acids is 2. The number of amides is 1. The highest BCUT2D eigenvalue weighted by atomic mass is 16.5.